The number of fused-ring (bicyclic) bond motifs is 3. The number of carbonyl (C=O) groups excluding carboxylic acids is 1. The molecule has 0 saturated carbocycles. The van der Waals surface area contributed by atoms with Gasteiger partial charge >= 0.3 is 5.97 Å². The van der Waals surface area contributed by atoms with Gasteiger partial charge in [0, 0.05) is 22.9 Å². The second-order valence-corrected chi connectivity index (χ2v) is 4.81. The van der Waals surface area contributed by atoms with E-state index in [0.29, 0.717) is 11.7 Å². The van der Waals surface area contributed by atoms with Crippen LogP contribution in [0.2, 0.25) is 0 Å². The van der Waals surface area contributed by atoms with E-state index in [4.69, 9.17) is 9.47 Å². The molecule has 0 amide bonds. The molecule has 0 bridgehead atoms. The Morgan fingerprint density at radius 3 is 3.06 bits per heavy atom. The molecule has 0 radical (unpaired) electrons. The van der Waals surface area contributed by atoms with Crippen molar-refractivity contribution in [2.75, 3.05) is 0 Å². The Balaban J connectivity index is 2.07. The summed E-state index contributed by atoms with van der Waals surface area (Å²) in [6.45, 7) is 1.94. The van der Waals surface area contributed by atoms with Gasteiger partial charge in [-0.3, -0.25) is 4.79 Å². The van der Waals surface area contributed by atoms with E-state index in [-0.39, 0.29) is 5.97 Å². The lowest BCUT2D eigenvalue weighted by atomic mass is 10.1. The minimum Gasteiger partial charge on any atom is -0.488 e. The SMILES string of the molecule is CC(=O)Oc1cc2c(s1)-c1ccccc1OC2. The first kappa shape index (κ1) is 10.4. The van der Waals surface area contributed by atoms with E-state index in [2.05, 4.69) is 0 Å². The molecule has 1 aromatic carbocycles. The molecule has 1 aromatic heterocycles. The summed E-state index contributed by atoms with van der Waals surface area (Å²) in [7, 11) is 0. The number of ether oxygens (including phenoxy) is 2. The molecule has 3 nitrogen and oxygen atoms in total. The van der Waals surface area contributed by atoms with Crippen LogP contribution in [-0.4, -0.2) is 5.97 Å². The smallest absolute Gasteiger partial charge is 0.308 e. The summed E-state index contributed by atoms with van der Waals surface area (Å²) < 4.78 is 10.7. The topological polar surface area (TPSA) is 35.5 Å². The van der Waals surface area contributed by atoms with Crippen molar-refractivity contribution in [1.82, 2.24) is 0 Å². The van der Waals surface area contributed by atoms with Gasteiger partial charge in [0.05, 0.1) is 0 Å². The second-order valence-electron chi connectivity index (χ2n) is 3.80. The zero-order valence-electron chi connectivity index (χ0n) is 9.23. The van der Waals surface area contributed by atoms with E-state index in [1.54, 1.807) is 0 Å². The van der Waals surface area contributed by atoms with Crippen molar-refractivity contribution in [2.24, 2.45) is 0 Å². The molecular formula is C13H10O3S. The quantitative estimate of drug-likeness (QED) is 0.725. The molecule has 86 valence electrons. The van der Waals surface area contributed by atoms with Gasteiger partial charge in [0.2, 0.25) is 0 Å². The highest BCUT2D eigenvalue weighted by molar-refractivity contribution is 7.17. The fourth-order valence-corrected chi connectivity index (χ4v) is 2.96. The van der Waals surface area contributed by atoms with Gasteiger partial charge in [0.1, 0.15) is 12.4 Å². The molecule has 0 saturated heterocycles. The van der Waals surface area contributed by atoms with Crippen LogP contribution in [0.15, 0.2) is 30.3 Å². The Morgan fingerprint density at radius 2 is 2.24 bits per heavy atom. The van der Waals surface area contributed by atoms with Gasteiger partial charge in [-0.25, -0.2) is 0 Å². The van der Waals surface area contributed by atoms with Crippen molar-refractivity contribution in [3.63, 3.8) is 0 Å². The third-order valence-corrected chi connectivity index (χ3v) is 3.63. The number of carbonyl (C=O) groups is 1. The number of thiophene rings is 1. The van der Waals surface area contributed by atoms with Crippen molar-refractivity contribution in [1.29, 1.82) is 0 Å². The maximum Gasteiger partial charge on any atom is 0.308 e. The Labute approximate surface area is 103 Å². The van der Waals surface area contributed by atoms with Crippen LogP contribution in [0.4, 0.5) is 0 Å². The minimum absolute atomic E-state index is 0.294. The van der Waals surface area contributed by atoms with Gasteiger partial charge in [0.25, 0.3) is 0 Å². The van der Waals surface area contributed by atoms with Crippen molar-refractivity contribution in [3.05, 3.63) is 35.9 Å². The van der Waals surface area contributed by atoms with Gasteiger partial charge in [0.15, 0.2) is 5.06 Å². The lowest BCUT2D eigenvalue weighted by Gasteiger charge is -2.16. The van der Waals surface area contributed by atoms with Crippen LogP contribution in [0.1, 0.15) is 12.5 Å². The van der Waals surface area contributed by atoms with E-state index >= 15 is 0 Å². The first-order valence-corrected chi connectivity index (χ1v) is 6.09. The van der Waals surface area contributed by atoms with E-state index in [9.17, 15) is 4.79 Å². The zero-order chi connectivity index (χ0) is 11.8. The molecule has 1 aliphatic rings. The highest BCUT2D eigenvalue weighted by Crippen LogP contribution is 2.44. The standard InChI is InChI=1S/C13H10O3S/c1-8(14)16-12-6-9-7-15-11-5-3-2-4-10(11)13(9)17-12/h2-6H,7H2,1H3. The van der Waals surface area contributed by atoms with E-state index in [1.807, 2.05) is 30.3 Å². The molecule has 2 heterocycles. The molecular weight excluding hydrogens is 236 g/mol. The van der Waals surface area contributed by atoms with Crippen LogP contribution in [0.3, 0.4) is 0 Å². The summed E-state index contributed by atoms with van der Waals surface area (Å²) in [5, 5.41) is 0.628. The average Bonchev–Trinajstić information content (AvgIpc) is 2.70. The lowest BCUT2D eigenvalue weighted by molar-refractivity contribution is -0.131. The highest BCUT2D eigenvalue weighted by Gasteiger charge is 2.20. The fraction of sp³-hybridized carbons (Fsp3) is 0.154. The first-order chi connectivity index (χ1) is 8.24. The average molecular weight is 246 g/mol. The maximum atomic E-state index is 10.9. The number of para-hydroxylation sites is 1. The fourth-order valence-electron chi connectivity index (χ4n) is 1.87. The molecule has 2 aromatic rings. The number of benzene rings is 1. The third-order valence-electron chi connectivity index (χ3n) is 2.55. The van der Waals surface area contributed by atoms with Crippen molar-refractivity contribution in [3.8, 4) is 21.3 Å². The van der Waals surface area contributed by atoms with Crippen LogP contribution in [0.5, 0.6) is 10.8 Å². The Kier molecular flexibility index (Phi) is 2.37. The summed E-state index contributed by atoms with van der Waals surface area (Å²) in [4.78, 5) is 12.1. The van der Waals surface area contributed by atoms with Crippen LogP contribution >= 0.6 is 11.3 Å². The molecule has 0 aliphatic carbocycles. The molecule has 17 heavy (non-hydrogen) atoms. The Hall–Kier alpha value is -1.81. The molecule has 1 aliphatic heterocycles. The summed E-state index contributed by atoms with van der Waals surface area (Å²) in [5.41, 5.74) is 2.14. The Morgan fingerprint density at radius 1 is 1.41 bits per heavy atom. The van der Waals surface area contributed by atoms with Gasteiger partial charge in [-0.1, -0.05) is 23.5 Å². The van der Waals surface area contributed by atoms with Gasteiger partial charge < -0.3 is 9.47 Å². The second kappa shape index (κ2) is 3.89. The van der Waals surface area contributed by atoms with Gasteiger partial charge in [-0.15, -0.1) is 0 Å². The monoisotopic (exact) mass is 246 g/mol. The predicted molar refractivity (Wildman–Crippen MR) is 65.4 cm³/mol. The van der Waals surface area contributed by atoms with Gasteiger partial charge in [-0.2, -0.15) is 0 Å². The first-order valence-electron chi connectivity index (χ1n) is 5.27. The minimum atomic E-state index is -0.294. The molecule has 3 rings (SSSR count). The van der Waals surface area contributed by atoms with E-state index in [0.717, 1.165) is 21.8 Å². The van der Waals surface area contributed by atoms with Crippen molar-refractivity contribution in [2.45, 2.75) is 13.5 Å². The summed E-state index contributed by atoms with van der Waals surface area (Å²) in [6, 6.07) is 9.76. The molecule has 0 spiro atoms. The largest absolute Gasteiger partial charge is 0.488 e. The summed E-state index contributed by atoms with van der Waals surface area (Å²) in [6.07, 6.45) is 0. The zero-order valence-corrected chi connectivity index (χ0v) is 10.0. The normalized spacial score (nSPS) is 12.3. The Bertz CT molecular complexity index is 586. The van der Waals surface area contributed by atoms with E-state index < -0.39 is 0 Å². The predicted octanol–water partition coefficient (Wildman–Crippen LogP) is 3.23. The highest BCUT2D eigenvalue weighted by atomic mass is 32.1. The van der Waals surface area contributed by atoms with Crippen molar-refractivity contribution < 1.29 is 14.3 Å². The summed E-state index contributed by atoms with van der Waals surface area (Å²) >= 11 is 1.48. The molecule has 0 unspecified atom stereocenters. The van der Waals surface area contributed by atoms with Crippen molar-refractivity contribution >= 4 is 17.3 Å². The van der Waals surface area contributed by atoms with Crippen LogP contribution in [0, 0.1) is 0 Å². The van der Waals surface area contributed by atoms with Gasteiger partial charge in [-0.05, 0) is 18.2 Å². The molecule has 0 atom stereocenters. The summed E-state index contributed by atoms with van der Waals surface area (Å²) in [5.74, 6) is 0.592. The molecule has 0 fully saturated rings. The number of esters is 1. The number of rotatable bonds is 1. The van der Waals surface area contributed by atoms with E-state index in [1.165, 1.54) is 18.3 Å². The maximum absolute atomic E-state index is 10.9. The number of hydrogen-bond donors (Lipinski definition) is 0. The third kappa shape index (κ3) is 1.80. The number of hydrogen-bond acceptors (Lipinski definition) is 4. The van der Waals surface area contributed by atoms with Crippen LogP contribution < -0.4 is 9.47 Å². The van der Waals surface area contributed by atoms with Crippen LogP contribution in [-0.2, 0) is 11.4 Å². The lowest BCUT2D eigenvalue weighted by Crippen LogP contribution is -2.02. The molecule has 0 N–H and O–H groups in total. The van der Waals surface area contributed by atoms with Crippen LogP contribution in [0.25, 0.3) is 10.4 Å². The molecule has 4 heteroatoms.